The van der Waals surface area contributed by atoms with E-state index >= 15 is 0 Å². The lowest BCUT2D eigenvalue weighted by molar-refractivity contribution is -0.153. The smallest absolute Gasteiger partial charge is 0.259 e. The summed E-state index contributed by atoms with van der Waals surface area (Å²) in [5.74, 6) is -6.87. The number of nitrogens with zero attached hydrogens (tertiary/aromatic N) is 2. The Kier molecular flexibility index (Phi) is 7.21. The van der Waals surface area contributed by atoms with E-state index in [4.69, 9.17) is 0 Å². The van der Waals surface area contributed by atoms with Gasteiger partial charge in [0.15, 0.2) is 11.4 Å². The molecule has 3 aliphatic rings. The number of Topliss-reactive ketones (excluding diaryl/α,β-unsaturated/α-hetero) is 2. The Hall–Kier alpha value is -3.90. The zero-order valence-electron chi connectivity index (χ0n) is 22.5. The maximum absolute atomic E-state index is 14.0. The Bertz CT molecular complexity index is 1330. The maximum Gasteiger partial charge on any atom is 0.259 e. The quantitative estimate of drug-likeness (QED) is 0.214. The minimum Gasteiger partial charge on any atom is -0.508 e. The number of nitrogens with one attached hydrogen (secondary N) is 2. The number of likely N-dealkylation sites (N-methyl/N-ethyl adjacent to an activating group) is 1. The number of aromatic hydroxyl groups is 1. The Labute approximate surface area is 225 Å². The fourth-order valence-electron chi connectivity index (χ4n) is 6.06. The predicted molar refractivity (Wildman–Crippen MR) is 141 cm³/mol. The molecule has 0 bridgehead atoms. The standard InChI is InChI=1S/C27H34N4O8/c1-6-17(33)28-11-29-26(38)20-23(35)21(31(4)5)14-10-12-9-13-15(30(2)3)7-8-16(32)19(13)22(34)18(12)24(36)27(14,39)25(20)37/h7-8,12,14,21,32,34,37,39H,6,9-11H2,1-5H3,(H,28,33)(H,29,38)/t12-,14-,21-,27-/m1/s1. The number of hydrogen-bond donors (Lipinski definition) is 6. The molecule has 0 aliphatic heterocycles. The van der Waals surface area contributed by atoms with Gasteiger partial charge >= 0.3 is 0 Å². The monoisotopic (exact) mass is 542 g/mol. The van der Waals surface area contributed by atoms with Crippen molar-refractivity contribution >= 4 is 34.8 Å². The van der Waals surface area contributed by atoms with Gasteiger partial charge in [0, 0.05) is 37.7 Å². The van der Waals surface area contributed by atoms with Crippen LogP contribution in [0.1, 0.15) is 30.9 Å². The van der Waals surface area contributed by atoms with Crippen LogP contribution in [0.15, 0.2) is 29.0 Å². The number of fused-ring (bicyclic) bond motifs is 3. The summed E-state index contributed by atoms with van der Waals surface area (Å²) in [5, 5.41) is 49.6. The van der Waals surface area contributed by atoms with Crippen molar-refractivity contribution in [2.45, 2.75) is 37.8 Å². The van der Waals surface area contributed by atoms with Crippen LogP contribution in [0.2, 0.25) is 0 Å². The minimum absolute atomic E-state index is 0.0314. The molecule has 0 unspecified atom stereocenters. The van der Waals surface area contributed by atoms with Crippen LogP contribution in [-0.4, -0.2) is 95.2 Å². The molecule has 12 nitrogen and oxygen atoms in total. The predicted octanol–water partition coefficient (Wildman–Crippen LogP) is 0.145. The molecule has 0 saturated heterocycles. The molecule has 39 heavy (non-hydrogen) atoms. The van der Waals surface area contributed by atoms with Crippen molar-refractivity contribution in [2.75, 3.05) is 39.8 Å². The Morgan fingerprint density at radius 2 is 1.74 bits per heavy atom. The number of carbonyl (C=O) groups is 4. The number of phenolic OH excluding ortho intramolecular Hbond substituents is 1. The second-order valence-corrected chi connectivity index (χ2v) is 10.6. The number of carbonyl (C=O) groups excluding carboxylic acids is 4. The van der Waals surface area contributed by atoms with E-state index in [1.54, 1.807) is 41.2 Å². The zero-order chi connectivity index (χ0) is 29.0. The highest BCUT2D eigenvalue weighted by molar-refractivity contribution is 6.25. The molecule has 4 rings (SSSR count). The molecule has 210 valence electrons. The summed E-state index contributed by atoms with van der Waals surface area (Å²) in [6.45, 7) is 1.28. The van der Waals surface area contributed by atoms with E-state index in [1.165, 1.54) is 11.0 Å². The van der Waals surface area contributed by atoms with E-state index in [0.29, 0.717) is 5.56 Å². The summed E-state index contributed by atoms with van der Waals surface area (Å²) in [5.41, 5.74) is -2.26. The third-order valence-corrected chi connectivity index (χ3v) is 7.90. The number of amides is 2. The normalized spacial score (nSPS) is 26.2. The largest absolute Gasteiger partial charge is 0.508 e. The number of rotatable bonds is 6. The molecule has 1 aromatic rings. The van der Waals surface area contributed by atoms with Crippen molar-refractivity contribution in [1.82, 2.24) is 15.5 Å². The average Bonchev–Trinajstić information content (AvgIpc) is 2.85. The number of aliphatic hydroxyl groups is 3. The first kappa shape index (κ1) is 28.1. The first-order chi connectivity index (χ1) is 18.3. The highest BCUT2D eigenvalue weighted by Gasteiger charge is 2.64. The molecule has 1 aromatic carbocycles. The average molecular weight is 543 g/mol. The van der Waals surface area contributed by atoms with Gasteiger partial charge in [-0.15, -0.1) is 0 Å². The Morgan fingerprint density at radius 3 is 2.33 bits per heavy atom. The Morgan fingerprint density at radius 1 is 1.08 bits per heavy atom. The summed E-state index contributed by atoms with van der Waals surface area (Å²) in [6, 6.07) is 1.94. The van der Waals surface area contributed by atoms with Gasteiger partial charge in [-0.2, -0.15) is 0 Å². The number of aliphatic hydroxyl groups excluding tert-OH is 2. The molecule has 4 atom stereocenters. The van der Waals surface area contributed by atoms with Gasteiger partial charge in [0.2, 0.25) is 11.7 Å². The van der Waals surface area contributed by atoms with E-state index in [9.17, 15) is 39.6 Å². The van der Waals surface area contributed by atoms with Gasteiger partial charge in [-0.05, 0) is 50.6 Å². The topological polar surface area (TPSA) is 180 Å². The molecule has 0 aromatic heterocycles. The van der Waals surface area contributed by atoms with E-state index in [0.717, 1.165) is 5.69 Å². The molecule has 0 heterocycles. The van der Waals surface area contributed by atoms with Gasteiger partial charge < -0.3 is 36.0 Å². The van der Waals surface area contributed by atoms with E-state index in [2.05, 4.69) is 10.6 Å². The summed E-state index contributed by atoms with van der Waals surface area (Å²) in [4.78, 5) is 55.4. The SMILES string of the molecule is CCC(=O)NCNC(=O)C1=C(O)[C@]2(O)C(=O)C3=C(O)c4c(O)ccc(N(C)C)c4C[C@@H]3C[C@@H]2[C@@H](N(C)C)C1=O. The third kappa shape index (κ3) is 4.23. The van der Waals surface area contributed by atoms with Crippen LogP contribution in [-0.2, 0) is 25.6 Å². The van der Waals surface area contributed by atoms with Crippen LogP contribution in [0.3, 0.4) is 0 Å². The Balaban J connectivity index is 1.86. The first-order valence-corrected chi connectivity index (χ1v) is 12.7. The number of phenols is 1. The molecule has 0 spiro atoms. The van der Waals surface area contributed by atoms with Crippen LogP contribution >= 0.6 is 0 Å². The van der Waals surface area contributed by atoms with Crippen molar-refractivity contribution in [3.8, 4) is 5.75 Å². The number of hydrogen-bond acceptors (Lipinski definition) is 10. The fourth-order valence-corrected chi connectivity index (χ4v) is 6.06. The molecule has 0 radical (unpaired) electrons. The minimum atomic E-state index is -2.69. The lowest BCUT2D eigenvalue weighted by Crippen LogP contribution is -2.66. The summed E-state index contributed by atoms with van der Waals surface area (Å²) < 4.78 is 0. The summed E-state index contributed by atoms with van der Waals surface area (Å²) in [7, 11) is 6.74. The van der Waals surface area contributed by atoms with Gasteiger partial charge in [-0.3, -0.25) is 24.1 Å². The van der Waals surface area contributed by atoms with Crippen molar-refractivity contribution in [1.29, 1.82) is 0 Å². The van der Waals surface area contributed by atoms with Crippen molar-refractivity contribution in [3.63, 3.8) is 0 Å². The lowest BCUT2D eigenvalue weighted by Gasteiger charge is -2.50. The van der Waals surface area contributed by atoms with Gasteiger partial charge in [0.1, 0.15) is 22.8 Å². The van der Waals surface area contributed by atoms with Gasteiger partial charge in [0.25, 0.3) is 5.91 Å². The van der Waals surface area contributed by atoms with E-state index < -0.39 is 58.0 Å². The molecule has 2 amide bonds. The molecule has 3 aliphatic carbocycles. The number of anilines is 1. The number of benzene rings is 1. The lowest BCUT2D eigenvalue weighted by atomic mass is 9.57. The van der Waals surface area contributed by atoms with Crippen LogP contribution in [0.25, 0.3) is 5.76 Å². The fraction of sp³-hybridized carbons (Fsp3) is 0.481. The van der Waals surface area contributed by atoms with E-state index in [1.807, 2.05) is 4.90 Å². The van der Waals surface area contributed by atoms with Gasteiger partial charge in [-0.1, -0.05) is 6.92 Å². The molecule has 6 N–H and O–H groups in total. The summed E-state index contributed by atoms with van der Waals surface area (Å²) >= 11 is 0. The van der Waals surface area contributed by atoms with Crippen LogP contribution in [0, 0.1) is 11.8 Å². The van der Waals surface area contributed by atoms with Crippen molar-refractivity contribution < 1.29 is 39.6 Å². The van der Waals surface area contributed by atoms with Crippen molar-refractivity contribution in [2.24, 2.45) is 11.8 Å². The highest BCUT2D eigenvalue weighted by atomic mass is 16.3. The zero-order valence-corrected chi connectivity index (χ0v) is 22.5. The van der Waals surface area contributed by atoms with E-state index in [-0.39, 0.29) is 48.7 Å². The molecule has 12 heteroatoms. The number of ketones is 2. The highest BCUT2D eigenvalue weighted by Crippen LogP contribution is 2.53. The second kappa shape index (κ2) is 10.0. The molecule has 1 fully saturated rings. The summed E-state index contributed by atoms with van der Waals surface area (Å²) in [6.07, 6.45) is 0.428. The molecular weight excluding hydrogens is 508 g/mol. The van der Waals surface area contributed by atoms with Crippen molar-refractivity contribution in [3.05, 3.63) is 40.2 Å². The second-order valence-electron chi connectivity index (χ2n) is 10.6. The third-order valence-electron chi connectivity index (χ3n) is 7.90. The van der Waals surface area contributed by atoms with Gasteiger partial charge in [-0.25, -0.2) is 0 Å². The van der Waals surface area contributed by atoms with Crippen LogP contribution in [0.4, 0.5) is 5.69 Å². The van der Waals surface area contributed by atoms with Crippen LogP contribution < -0.4 is 15.5 Å². The molecular formula is C27H34N4O8. The molecule has 1 saturated carbocycles. The maximum atomic E-state index is 14.0. The van der Waals surface area contributed by atoms with Gasteiger partial charge in [0.05, 0.1) is 18.3 Å². The van der Waals surface area contributed by atoms with Crippen LogP contribution in [0.5, 0.6) is 5.75 Å². The first-order valence-electron chi connectivity index (χ1n) is 12.7.